The van der Waals surface area contributed by atoms with Gasteiger partial charge in [0.2, 0.25) is 0 Å². The molecule has 13 aromatic rings. The van der Waals surface area contributed by atoms with E-state index in [0.29, 0.717) is 17.5 Å². The van der Waals surface area contributed by atoms with Crippen LogP contribution >= 0.6 is 11.3 Å². The fraction of sp³-hybridized carbons (Fsp3) is 0.0156. The van der Waals surface area contributed by atoms with Gasteiger partial charge in [-0.05, 0) is 86.0 Å². The lowest BCUT2D eigenvalue weighted by atomic mass is 9.67. The smallest absolute Gasteiger partial charge is 0.164 e. The third kappa shape index (κ3) is 6.11. The number of fused-ring (bicyclic) bond motifs is 9. The summed E-state index contributed by atoms with van der Waals surface area (Å²) in [6.45, 7) is 0. The maximum Gasteiger partial charge on any atom is 0.164 e. The fourth-order valence-corrected chi connectivity index (χ4v) is 12.2. The van der Waals surface area contributed by atoms with Crippen LogP contribution in [0.15, 0.2) is 241 Å². The Bertz CT molecular complexity index is 4080. The van der Waals surface area contributed by atoms with Crippen LogP contribution in [0.5, 0.6) is 0 Å². The van der Waals surface area contributed by atoms with Gasteiger partial charge in [-0.2, -0.15) is 0 Å². The molecule has 0 N–H and O–H groups in total. The van der Waals surface area contributed by atoms with Gasteiger partial charge in [0.1, 0.15) is 11.2 Å². The fourth-order valence-electron chi connectivity index (χ4n) is 11.1. The van der Waals surface area contributed by atoms with Crippen molar-refractivity contribution in [1.29, 1.82) is 0 Å². The summed E-state index contributed by atoms with van der Waals surface area (Å²) >= 11 is 1.79. The Morgan fingerprint density at radius 2 is 0.870 bits per heavy atom. The number of thiophene rings is 1. The first-order valence-corrected chi connectivity index (χ1v) is 24.2. The molecule has 0 amide bonds. The van der Waals surface area contributed by atoms with Crippen molar-refractivity contribution < 1.29 is 4.42 Å². The molecule has 10 aromatic carbocycles. The first kappa shape index (κ1) is 39.4. The minimum absolute atomic E-state index is 0.500. The minimum atomic E-state index is -0.500. The lowest BCUT2D eigenvalue weighted by molar-refractivity contribution is 0.669. The Hall–Kier alpha value is -8.77. The molecule has 0 radical (unpaired) electrons. The van der Waals surface area contributed by atoms with E-state index in [1.54, 1.807) is 11.3 Å². The van der Waals surface area contributed by atoms with Crippen molar-refractivity contribution in [2.45, 2.75) is 5.41 Å². The molecule has 0 fully saturated rings. The second-order valence-corrected chi connectivity index (χ2v) is 18.9. The second-order valence-electron chi connectivity index (χ2n) is 17.8. The standard InChI is InChI=1S/C64H39N3OS/c1-4-17-40(18-5-1)41-33-35-42(36-34-41)61-65-62(67-63(66-61)50-27-16-32-57-60(50)48-24-11-13-31-56(48)69-57)49-26-15-30-55-59(49)51-39-43(37-38-54(51)68-55)46-25-14-29-53-58(46)47-23-10-12-28-52(47)64(53,44-19-6-2-7-20-44)45-21-8-3-9-22-45/h1-39H. The van der Waals surface area contributed by atoms with Crippen LogP contribution < -0.4 is 0 Å². The average molecular weight is 898 g/mol. The number of rotatable bonds is 7. The van der Waals surface area contributed by atoms with Crippen LogP contribution in [0.25, 0.3) is 110 Å². The molecule has 69 heavy (non-hydrogen) atoms. The molecule has 0 bridgehead atoms. The zero-order valence-electron chi connectivity index (χ0n) is 37.2. The number of aromatic nitrogens is 3. The SMILES string of the molecule is c1ccc(-c2ccc(-c3nc(-c4cccc5oc6ccc(-c7cccc8c7-c7ccccc7C8(c7ccccc7)c7ccccc7)cc6c45)nc(-c4cccc5sc6ccccc6c45)n3)cc2)cc1. The van der Waals surface area contributed by atoms with E-state index in [4.69, 9.17) is 19.4 Å². The molecule has 3 heterocycles. The second kappa shape index (κ2) is 15.7. The van der Waals surface area contributed by atoms with Gasteiger partial charge in [0.25, 0.3) is 0 Å². The highest BCUT2D eigenvalue weighted by molar-refractivity contribution is 7.25. The Balaban J connectivity index is 0.980. The summed E-state index contributed by atoms with van der Waals surface area (Å²) in [5.74, 6) is 1.82. The Kier molecular flexibility index (Phi) is 8.95. The number of furan rings is 1. The normalized spacial score (nSPS) is 12.8. The average Bonchev–Trinajstić information content (AvgIpc) is 4.10. The number of hydrogen-bond donors (Lipinski definition) is 0. The molecule has 1 aliphatic rings. The Morgan fingerprint density at radius 1 is 0.333 bits per heavy atom. The third-order valence-corrected chi connectivity index (χ3v) is 15.2. The van der Waals surface area contributed by atoms with Crippen molar-refractivity contribution in [3.05, 3.63) is 259 Å². The lowest BCUT2D eigenvalue weighted by Gasteiger charge is -2.34. The minimum Gasteiger partial charge on any atom is -0.456 e. The summed E-state index contributed by atoms with van der Waals surface area (Å²) in [6.07, 6.45) is 0. The van der Waals surface area contributed by atoms with Crippen LogP contribution in [0.1, 0.15) is 22.3 Å². The molecule has 14 rings (SSSR count). The maximum absolute atomic E-state index is 6.71. The highest BCUT2D eigenvalue weighted by Gasteiger charge is 2.46. The summed E-state index contributed by atoms with van der Waals surface area (Å²) in [4.78, 5) is 16.0. The van der Waals surface area contributed by atoms with E-state index in [2.05, 4.69) is 218 Å². The van der Waals surface area contributed by atoms with Crippen molar-refractivity contribution in [1.82, 2.24) is 15.0 Å². The van der Waals surface area contributed by atoms with Gasteiger partial charge in [-0.3, -0.25) is 0 Å². The molecule has 0 atom stereocenters. The Labute approximate surface area is 402 Å². The molecular formula is C64H39N3OS. The molecule has 0 aliphatic heterocycles. The first-order chi connectivity index (χ1) is 34.2. The van der Waals surface area contributed by atoms with Crippen LogP contribution in [0.2, 0.25) is 0 Å². The Morgan fingerprint density at radius 3 is 1.64 bits per heavy atom. The zero-order valence-corrected chi connectivity index (χ0v) is 38.0. The lowest BCUT2D eigenvalue weighted by Crippen LogP contribution is -2.28. The molecule has 4 nitrogen and oxygen atoms in total. The van der Waals surface area contributed by atoms with Gasteiger partial charge in [-0.1, -0.05) is 206 Å². The van der Waals surface area contributed by atoms with Gasteiger partial charge >= 0.3 is 0 Å². The van der Waals surface area contributed by atoms with Crippen molar-refractivity contribution >= 4 is 53.4 Å². The summed E-state index contributed by atoms with van der Waals surface area (Å²) in [5.41, 5.74) is 15.9. The van der Waals surface area contributed by atoms with E-state index in [1.807, 2.05) is 18.2 Å². The van der Waals surface area contributed by atoms with Gasteiger partial charge in [-0.25, -0.2) is 15.0 Å². The van der Waals surface area contributed by atoms with Crippen LogP contribution in [0.3, 0.4) is 0 Å². The molecule has 0 saturated carbocycles. The summed E-state index contributed by atoms with van der Waals surface area (Å²) in [5, 5.41) is 4.31. The molecule has 5 heteroatoms. The predicted molar refractivity (Wildman–Crippen MR) is 284 cm³/mol. The molecule has 3 aromatic heterocycles. The molecular weight excluding hydrogens is 859 g/mol. The molecule has 0 saturated heterocycles. The topological polar surface area (TPSA) is 51.8 Å². The van der Waals surface area contributed by atoms with Gasteiger partial charge in [-0.15, -0.1) is 11.3 Å². The van der Waals surface area contributed by atoms with E-state index in [0.717, 1.165) is 60.7 Å². The summed E-state index contributed by atoms with van der Waals surface area (Å²) in [6, 6.07) is 84.6. The first-order valence-electron chi connectivity index (χ1n) is 23.3. The van der Waals surface area contributed by atoms with Crippen molar-refractivity contribution in [2.75, 3.05) is 0 Å². The van der Waals surface area contributed by atoms with Gasteiger partial charge in [0, 0.05) is 47.6 Å². The van der Waals surface area contributed by atoms with Crippen LogP contribution in [-0.2, 0) is 5.41 Å². The van der Waals surface area contributed by atoms with E-state index in [9.17, 15) is 0 Å². The van der Waals surface area contributed by atoms with Gasteiger partial charge in [0.05, 0.1) is 5.41 Å². The van der Waals surface area contributed by atoms with E-state index in [-0.39, 0.29) is 0 Å². The molecule has 0 unspecified atom stereocenters. The van der Waals surface area contributed by atoms with E-state index >= 15 is 0 Å². The molecule has 322 valence electrons. The predicted octanol–water partition coefficient (Wildman–Crippen LogP) is 16.8. The van der Waals surface area contributed by atoms with Gasteiger partial charge < -0.3 is 4.42 Å². The van der Waals surface area contributed by atoms with Crippen LogP contribution in [0.4, 0.5) is 0 Å². The quantitative estimate of drug-likeness (QED) is 0.160. The maximum atomic E-state index is 6.71. The van der Waals surface area contributed by atoms with Crippen molar-refractivity contribution in [3.63, 3.8) is 0 Å². The third-order valence-electron chi connectivity index (χ3n) is 14.1. The monoisotopic (exact) mass is 897 g/mol. The summed E-state index contributed by atoms with van der Waals surface area (Å²) < 4.78 is 9.14. The number of nitrogens with zero attached hydrogens (tertiary/aromatic N) is 3. The van der Waals surface area contributed by atoms with Crippen molar-refractivity contribution in [3.8, 4) is 67.5 Å². The summed E-state index contributed by atoms with van der Waals surface area (Å²) in [7, 11) is 0. The highest BCUT2D eigenvalue weighted by Crippen LogP contribution is 2.58. The zero-order chi connectivity index (χ0) is 45.5. The van der Waals surface area contributed by atoms with Crippen LogP contribution in [-0.4, -0.2) is 15.0 Å². The number of hydrogen-bond acceptors (Lipinski definition) is 5. The van der Waals surface area contributed by atoms with Crippen molar-refractivity contribution in [2.24, 2.45) is 0 Å². The molecule has 0 spiro atoms. The van der Waals surface area contributed by atoms with E-state index < -0.39 is 5.41 Å². The number of benzene rings is 10. The molecule has 1 aliphatic carbocycles. The van der Waals surface area contributed by atoms with Gasteiger partial charge in [0.15, 0.2) is 17.5 Å². The highest BCUT2D eigenvalue weighted by atomic mass is 32.1. The van der Waals surface area contributed by atoms with E-state index in [1.165, 1.54) is 53.7 Å². The van der Waals surface area contributed by atoms with Crippen LogP contribution in [0, 0.1) is 0 Å². The largest absolute Gasteiger partial charge is 0.456 e.